The molecule has 1 N–H and O–H groups in total. The van der Waals surface area contributed by atoms with Gasteiger partial charge in [-0.05, 0) is 43.7 Å². The minimum absolute atomic E-state index is 0.656. The first-order valence-electron chi connectivity index (χ1n) is 7.23. The Balaban J connectivity index is 1.65. The number of pyridine rings is 1. The van der Waals surface area contributed by atoms with Gasteiger partial charge in [0.15, 0.2) is 0 Å². The van der Waals surface area contributed by atoms with Crippen LogP contribution in [0.4, 0.5) is 5.82 Å². The molecule has 19 heavy (non-hydrogen) atoms. The summed E-state index contributed by atoms with van der Waals surface area (Å²) in [7, 11) is 0. The summed E-state index contributed by atoms with van der Waals surface area (Å²) in [5.74, 6) is 4.60. The van der Waals surface area contributed by atoms with E-state index in [9.17, 15) is 0 Å². The van der Waals surface area contributed by atoms with Gasteiger partial charge >= 0.3 is 0 Å². The summed E-state index contributed by atoms with van der Waals surface area (Å²) in [6.07, 6.45) is 10.8. The molecule has 3 heteroatoms. The van der Waals surface area contributed by atoms with Crippen molar-refractivity contribution < 1.29 is 0 Å². The smallest absolute Gasteiger partial charge is 0.129 e. The lowest BCUT2D eigenvalue weighted by atomic mass is 10.3. The summed E-state index contributed by atoms with van der Waals surface area (Å²) < 4.78 is 0. The monoisotopic (exact) mass is 255 g/mol. The summed E-state index contributed by atoms with van der Waals surface area (Å²) in [6.45, 7) is 2.57. The molecule has 1 aromatic heterocycles. The first-order chi connectivity index (χ1) is 9.35. The number of aromatic nitrogens is 1. The van der Waals surface area contributed by atoms with Crippen LogP contribution in [0.5, 0.6) is 0 Å². The Hall–Kier alpha value is -1.53. The van der Waals surface area contributed by atoms with Crippen LogP contribution in [0.25, 0.3) is 0 Å². The molecule has 0 atom stereocenters. The van der Waals surface area contributed by atoms with Crippen molar-refractivity contribution in [3.63, 3.8) is 0 Å². The average molecular weight is 255 g/mol. The number of nitrogens with one attached hydrogen (secondary N) is 1. The van der Waals surface area contributed by atoms with Gasteiger partial charge in [0, 0.05) is 19.1 Å². The minimum Gasteiger partial charge on any atom is -0.345 e. The van der Waals surface area contributed by atoms with Crippen LogP contribution < -0.4 is 10.2 Å². The summed E-state index contributed by atoms with van der Waals surface area (Å²) in [5, 5.41) is 3.50. The Bertz CT molecular complexity index is 469. The van der Waals surface area contributed by atoms with Crippen molar-refractivity contribution in [2.24, 2.45) is 5.92 Å². The largest absolute Gasteiger partial charge is 0.345 e. The van der Waals surface area contributed by atoms with Crippen molar-refractivity contribution in [2.45, 2.75) is 38.3 Å². The molecule has 0 bridgehead atoms. The standard InChI is InChI=1S/C16H21N3/c1-2-10-19(12-13-6-7-13)16-5-3-4-15(18-16)11-17-14-8-9-14/h1,3-5,13-14,17H,6-12H2. The molecule has 0 amide bonds. The third-order valence-corrected chi connectivity index (χ3v) is 3.72. The SMILES string of the molecule is C#CCN(CC1CC1)c1cccc(CNC2CC2)n1. The van der Waals surface area contributed by atoms with Gasteiger partial charge in [-0.25, -0.2) is 4.98 Å². The lowest BCUT2D eigenvalue weighted by molar-refractivity contribution is 0.671. The van der Waals surface area contributed by atoms with Gasteiger partial charge in [0.2, 0.25) is 0 Å². The molecule has 2 aliphatic carbocycles. The Kier molecular flexibility index (Phi) is 3.70. The average Bonchev–Trinajstić information content (AvgIpc) is 3.31. The first kappa shape index (κ1) is 12.5. The number of terminal acetylenes is 1. The van der Waals surface area contributed by atoms with Gasteiger partial charge in [0.25, 0.3) is 0 Å². The van der Waals surface area contributed by atoms with Gasteiger partial charge in [-0.15, -0.1) is 6.42 Å². The molecule has 0 unspecified atom stereocenters. The van der Waals surface area contributed by atoms with Gasteiger partial charge in [0.05, 0.1) is 12.2 Å². The normalized spacial score (nSPS) is 18.1. The molecule has 1 heterocycles. The van der Waals surface area contributed by atoms with Crippen LogP contribution in [0.3, 0.4) is 0 Å². The van der Waals surface area contributed by atoms with E-state index < -0.39 is 0 Å². The molecule has 3 rings (SSSR count). The molecular formula is C16H21N3. The quantitative estimate of drug-likeness (QED) is 0.757. The third-order valence-electron chi connectivity index (χ3n) is 3.72. The Morgan fingerprint density at radius 1 is 1.32 bits per heavy atom. The molecule has 2 saturated carbocycles. The molecule has 2 aliphatic rings. The van der Waals surface area contributed by atoms with E-state index in [1.165, 1.54) is 25.7 Å². The number of hydrogen-bond donors (Lipinski definition) is 1. The fraction of sp³-hybridized carbons (Fsp3) is 0.562. The lowest BCUT2D eigenvalue weighted by Crippen LogP contribution is -2.27. The molecular weight excluding hydrogens is 234 g/mol. The van der Waals surface area contributed by atoms with Gasteiger partial charge in [-0.1, -0.05) is 12.0 Å². The van der Waals surface area contributed by atoms with E-state index in [4.69, 9.17) is 11.4 Å². The number of nitrogens with zero attached hydrogens (tertiary/aromatic N) is 2. The van der Waals surface area contributed by atoms with Crippen molar-refractivity contribution in [3.8, 4) is 12.3 Å². The lowest BCUT2D eigenvalue weighted by Gasteiger charge is -2.21. The molecule has 0 aliphatic heterocycles. The Morgan fingerprint density at radius 3 is 2.84 bits per heavy atom. The highest BCUT2D eigenvalue weighted by Gasteiger charge is 2.25. The highest BCUT2D eigenvalue weighted by molar-refractivity contribution is 5.41. The summed E-state index contributed by atoms with van der Waals surface area (Å²) in [4.78, 5) is 6.97. The van der Waals surface area contributed by atoms with Crippen molar-refractivity contribution in [1.29, 1.82) is 0 Å². The van der Waals surface area contributed by atoms with Crippen LogP contribution in [0.2, 0.25) is 0 Å². The van der Waals surface area contributed by atoms with Gasteiger partial charge in [-0.2, -0.15) is 0 Å². The van der Waals surface area contributed by atoms with Crippen molar-refractivity contribution in [1.82, 2.24) is 10.3 Å². The van der Waals surface area contributed by atoms with Crippen molar-refractivity contribution in [2.75, 3.05) is 18.0 Å². The van der Waals surface area contributed by atoms with E-state index in [0.29, 0.717) is 6.54 Å². The fourth-order valence-corrected chi connectivity index (χ4v) is 2.24. The molecule has 1 aromatic rings. The van der Waals surface area contributed by atoms with E-state index in [-0.39, 0.29) is 0 Å². The second-order valence-corrected chi connectivity index (χ2v) is 5.67. The van der Waals surface area contributed by atoms with Crippen molar-refractivity contribution in [3.05, 3.63) is 23.9 Å². The predicted octanol–water partition coefficient (Wildman–Crippen LogP) is 2.18. The Labute approximate surface area is 115 Å². The highest BCUT2D eigenvalue weighted by atomic mass is 15.2. The zero-order chi connectivity index (χ0) is 13.1. The summed E-state index contributed by atoms with van der Waals surface area (Å²) in [5.41, 5.74) is 1.11. The topological polar surface area (TPSA) is 28.2 Å². The molecule has 0 spiro atoms. The van der Waals surface area contributed by atoms with Crippen LogP contribution in [0.15, 0.2) is 18.2 Å². The molecule has 0 radical (unpaired) electrons. The maximum Gasteiger partial charge on any atom is 0.129 e. The fourth-order valence-electron chi connectivity index (χ4n) is 2.24. The van der Waals surface area contributed by atoms with Crippen LogP contribution in [-0.4, -0.2) is 24.1 Å². The second-order valence-electron chi connectivity index (χ2n) is 5.67. The number of hydrogen-bond acceptors (Lipinski definition) is 3. The molecule has 0 aromatic carbocycles. The van der Waals surface area contributed by atoms with E-state index in [0.717, 1.165) is 36.6 Å². The van der Waals surface area contributed by atoms with E-state index in [1.54, 1.807) is 0 Å². The third kappa shape index (κ3) is 3.71. The zero-order valence-electron chi connectivity index (χ0n) is 11.3. The van der Waals surface area contributed by atoms with Crippen LogP contribution in [-0.2, 0) is 6.54 Å². The maximum absolute atomic E-state index is 5.48. The van der Waals surface area contributed by atoms with Gasteiger partial charge in [0.1, 0.15) is 5.82 Å². The van der Waals surface area contributed by atoms with E-state index in [1.807, 2.05) is 0 Å². The van der Waals surface area contributed by atoms with Gasteiger partial charge < -0.3 is 10.2 Å². The van der Waals surface area contributed by atoms with E-state index >= 15 is 0 Å². The maximum atomic E-state index is 5.48. The van der Waals surface area contributed by atoms with Crippen LogP contribution >= 0.6 is 0 Å². The summed E-state index contributed by atoms with van der Waals surface area (Å²) in [6, 6.07) is 6.96. The minimum atomic E-state index is 0.656. The molecule has 0 saturated heterocycles. The molecule has 100 valence electrons. The second kappa shape index (κ2) is 5.63. The number of rotatable bonds is 7. The van der Waals surface area contributed by atoms with Gasteiger partial charge in [-0.3, -0.25) is 0 Å². The summed E-state index contributed by atoms with van der Waals surface area (Å²) >= 11 is 0. The van der Waals surface area contributed by atoms with Crippen LogP contribution in [0.1, 0.15) is 31.4 Å². The van der Waals surface area contributed by atoms with E-state index in [2.05, 4.69) is 34.3 Å². The highest BCUT2D eigenvalue weighted by Crippen LogP contribution is 2.31. The first-order valence-corrected chi connectivity index (χ1v) is 7.23. The predicted molar refractivity (Wildman–Crippen MR) is 77.9 cm³/mol. The number of anilines is 1. The Morgan fingerprint density at radius 2 is 2.16 bits per heavy atom. The zero-order valence-corrected chi connectivity index (χ0v) is 11.3. The van der Waals surface area contributed by atoms with Crippen molar-refractivity contribution >= 4 is 5.82 Å². The molecule has 3 nitrogen and oxygen atoms in total. The van der Waals surface area contributed by atoms with Crippen LogP contribution in [0, 0.1) is 18.3 Å². The molecule has 2 fully saturated rings.